The molecule has 8 heteroatoms. The average molecular weight is 783 g/mol. The molecule has 0 fully saturated rings. The van der Waals surface area contributed by atoms with E-state index in [4.69, 9.17) is 27.1 Å². The molecule has 2 bridgehead atoms. The Labute approximate surface area is 333 Å². The fourth-order valence-electron chi connectivity index (χ4n) is 8.07. The molecule has 3 aliphatic rings. The first-order valence-corrected chi connectivity index (χ1v) is 21.3. The van der Waals surface area contributed by atoms with E-state index in [-0.39, 0.29) is 11.8 Å². The summed E-state index contributed by atoms with van der Waals surface area (Å²) in [6.45, 7) is 16.5. The maximum Gasteiger partial charge on any atom is 0.463 e. The Balaban J connectivity index is 1.24. The highest BCUT2D eigenvalue weighted by molar-refractivity contribution is 7.43. The van der Waals surface area contributed by atoms with Crippen LogP contribution in [0.3, 0.4) is 0 Å². The summed E-state index contributed by atoms with van der Waals surface area (Å²) < 4.78 is 41.7. The minimum Gasteiger partial charge on any atom is -0.417 e. The van der Waals surface area contributed by atoms with Crippen LogP contribution in [0.4, 0.5) is 0 Å². The molecule has 0 heterocycles. The highest BCUT2D eigenvalue weighted by Gasteiger charge is 2.54. The smallest absolute Gasteiger partial charge is 0.417 e. The van der Waals surface area contributed by atoms with Crippen molar-refractivity contribution in [2.75, 3.05) is 0 Å². The molecule has 2 atom stereocenters. The van der Waals surface area contributed by atoms with Crippen LogP contribution in [0.15, 0.2) is 121 Å². The minimum absolute atomic E-state index is 0.174. The zero-order valence-corrected chi connectivity index (χ0v) is 35.0. The summed E-state index contributed by atoms with van der Waals surface area (Å²) in [5, 5.41) is 0. The standard InChI is InChI=1S/C48H48O6P2/c1-29-17-21-41(33(5)25-29)49-55(50-42-22-18-30(2)26-34(42)6)53-47-45-37-13-9-11-15-39(37)46(40-16-12-10-14-38(40)45)48(47)54-56(51-43-23-19-31(3)27-35(43)7)52-44-24-20-32(4)28-36(44)8/h9-28,45-48H,1-8H3. The summed E-state index contributed by atoms with van der Waals surface area (Å²) in [7, 11) is -4.00. The Hall–Kier alpha value is -4.70. The van der Waals surface area contributed by atoms with Gasteiger partial charge in [0.25, 0.3) is 0 Å². The first kappa shape index (κ1) is 38.2. The van der Waals surface area contributed by atoms with Gasteiger partial charge >= 0.3 is 17.2 Å². The number of rotatable bonds is 12. The summed E-state index contributed by atoms with van der Waals surface area (Å²) in [5.41, 5.74) is 13.5. The third-order valence-corrected chi connectivity index (χ3v) is 13.0. The predicted octanol–water partition coefficient (Wildman–Crippen LogP) is 13.3. The van der Waals surface area contributed by atoms with Crippen molar-refractivity contribution in [3.63, 3.8) is 0 Å². The lowest BCUT2D eigenvalue weighted by molar-refractivity contribution is 0.00740. The van der Waals surface area contributed by atoms with E-state index in [1.165, 1.54) is 22.3 Å². The van der Waals surface area contributed by atoms with Gasteiger partial charge in [0.15, 0.2) is 0 Å². The van der Waals surface area contributed by atoms with Crippen molar-refractivity contribution in [2.24, 2.45) is 0 Å². The molecule has 0 aliphatic heterocycles. The van der Waals surface area contributed by atoms with Crippen molar-refractivity contribution >= 4 is 17.2 Å². The summed E-state index contributed by atoms with van der Waals surface area (Å²) >= 11 is 0. The van der Waals surface area contributed by atoms with Gasteiger partial charge in [-0.2, -0.15) is 0 Å². The first-order valence-electron chi connectivity index (χ1n) is 19.1. The molecule has 9 rings (SSSR count). The van der Waals surface area contributed by atoms with Gasteiger partial charge in [-0.15, -0.1) is 0 Å². The topological polar surface area (TPSA) is 55.4 Å². The van der Waals surface area contributed by atoms with Gasteiger partial charge in [-0.05, 0) is 124 Å². The molecule has 286 valence electrons. The molecule has 56 heavy (non-hydrogen) atoms. The number of benzene rings is 6. The number of aryl methyl sites for hydroxylation is 8. The van der Waals surface area contributed by atoms with Gasteiger partial charge in [0, 0.05) is 11.8 Å². The largest absolute Gasteiger partial charge is 0.463 e. The molecule has 0 saturated heterocycles. The van der Waals surface area contributed by atoms with Crippen molar-refractivity contribution < 1.29 is 27.1 Å². The van der Waals surface area contributed by atoms with Crippen LogP contribution in [-0.4, -0.2) is 12.2 Å². The van der Waals surface area contributed by atoms with E-state index >= 15 is 0 Å². The fourth-order valence-corrected chi connectivity index (χ4v) is 10.7. The fraction of sp³-hybridized carbons (Fsp3) is 0.250. The highest BCUT2D eigenvalue weighted by atomic mass is 31.2. The maximum absolute atomic E-state index is 7.30. The van der Waals surface area contributed by atoms with Crippen LogP contribution in [-0.2, 0) is 9.05 Å². The molecule has 0 saturated carbocycles. The van der Waals surface area contributed by atoms with Crippen LogP contribution < -0.4 is 18.1 Å². The molecule has 0 spiro atoms. The van der Waals surface area contributed by atoms with E-state index < -0.39 is 29.4 Å². The third kappa shape index (κ3) is 7.82. The molecule has 0 aromatic heterocycles. The highest BCUT2D eigenvalue weighted by Crippen LogP contribution is 2.61. The van der Waals surface area contributed by atoms with Gasteiger partial charge in [-0.25, -0.2) is 0 Å². The molecule has 0 amide bonds. The second-order valence-electron chi connectivity index (χ2n) is 15.2. The quantitative estimate of drug-likeness (QED) is 0.115. The lowest BCUT2D eigenvalue weighted by Gasteiger charge is -2.49. The molecule has 3 aliphatic carbocycles. The van der Waals surface area contributed by atoms with E-state index in [1.807, 2.05) is 24.3 Å². The van der Waals surface area contributed by atoms with Crippen LogP contribution in [0, 0.1) is 55.4 Å². The van der Waals surface area contributed by atoms with Crippen LogP contribution in [0.2, 0.25) is 0 Å². The molecule has 0 radical (unpaired) electrons. The zero-order valence-electron chi connectivity index (χ0n) is 33.2. The van der Waals surface area contributed by atoms with Crippen LogP contribution in [0.1, 0.15) is 78.6 Å². The average Bonchev–Trinajstić information content (AvgIpc) is 3.16. The summed E-state index contributed by atoms with van der Waals surface area (Å²) in [5.74, 6) is 2.50. The SMILES string of the molecule is Cc1ccc(OP(Oc2ccc(C)cc2C)OC2C3c4ccccc4C(c4ccccc43)C2OP(Oc2ccc(C)cc2C)Oc2ccc(C)cc2C)c(C)c1. The van der Waals surface area contributed by atoms with Crippen molar-refractivity contribution in [3.8, 4) is 23.0 Å². The molecular weight excluding hydrogens is 734 g/mol. The van der Waals surface area contributed by atoms with Gasteiger partial charge < -0.3 is 18.1 Å². The van der Waals surface area contributed by atoms with Gasteiger partial charge in [-0.1, -0.05) is 119 Å². The number of hydrogen-bond acceptors (Lipinski definition) is 6. The molecule has 0 N–H and O–H groups in total. The molecule has 6 nitrogen and oxygen atoms in total. The summed E-state index contributed by atoms with van der Waals surface area (Å²) in [4.78, 5) is 0. The van der Waals surface area contributed by atoms with Crippen molar-refractivity contribution in [2.45, 2.75) is 79.4 Å². The van der Waals surface area contributed by atoms with Gasteiger partial charge in [-0.3, -0.25) is 9.05 Å². The van der Waals surface area contributed by atoms with Crippen molar-refractivity contribution in [1.82, 2.24) is 0 Å². The predicted molar refractivity (Wildman–Crippen MR) is 226 cm³/mol. The Morgan fingerprint density at radius 3 is 0.821 bits per heavy atom. The van der Waals surface area contributed by atoms with Crippen LogP contribution in [0.25, 0.3) is 0 Å². The molecule has 6 aromatic rings. The van der Waals surface area contributed by atoms with Gasteiger partial charge in [0.2, 0.25) is 0 Å². The van der Waals surface area contributed by atoms with E-state index in [0.29, 0.717) is 23.0 Å². The second kappa shape index (κ2) is 16.0. The lowest BCUT2D eigenvalue weighted by Crippen LogP contribution is -2.49. The van der Waals surface area contributed by atoms with Gasteiger partial charge in [0.05, 0.1) is 0 Å². The van der Waals surface area contributed by atoms with Crippen molar-refractivity contribution in [3.05, 3.63) is 188 Å². The zero-order chi connectivity index (χ0) is 39.1. The summed E-state index contributed by atoms with van der Waals surface area (Å²) in [6.07, 6.45) is -1.05. The van der Waals surface area contributed by atoms with Crippen LogP contribution in [0.5, 0.6) is 23.0 Å². The summed E-state index contributed by atoms with van der Waals surface area (Å²) in [6, 6.07) is 41.9. The van der Waals surface area contributed by atoms with E-state index in [9.17, 15) is 0 Å². The Morgan fingerprint density at radius 1 is 0.339 bits per heavy atom. The Bertz CT molecular complexity index is 2070. The number of hydrogen-bond donors (Lipinski definition) is 0. The molecule has 2 unspecified atom stereocenters. The monoisotopic (exact) mass is 782 g/mol. The Kier molecular flexibility index (Phi) is 10.9. The Morgan fingerprint density at radius 2 is 0.589 bits per heavy atom. The van der Waals surface area contributed by atoms with E-state index in [1.54, 1.807) is 0 Å². The van der Waals surface area contributed by atoms with E-state index in [2.05, 4.69) is 152 Å². The molecular formula is C48H48O6P2. The van der Waals surface area contributed by atoms with Crippen LogP contribution >= 0.6 is 17.2 Å². The van der Waals surface area contributed by atoms with Gasteiger partial charge in [0.1, 0.15) is 35.2 Å². The second-order valence-corrected chi connectivity index (χ2v) is 17.3. The minimum atomic E-state index is -2.00. The normalized spacial score (nSPS) is 18.1. The third-order valence-electron chi connectivity index (χ3n) is 10.7. The van der Waals surface area contributed by atoms with E-state index in [0.717, 1.165) is 44.5 Å². The molecule has 6 aromatic carbocycles. The first-order chi connectivity index (χ1) is 27.0. The maximum atomic E-state index is 7.30. The number of fused-ring (bicyclic) bond motifs is 1. The van der Waals surface area contributed by atoms with Crippen molar-refractivity contribution in [1.29, 1.82) is 0 Å². The lowest BCUT2D eigenvalue weighted by atomic mass is 9.61.